The molecule has 140 valence electrons. The molecule has 0 bridgehead atoms. The van der Waals surface area contributed by atoms with E-state index in [0.717, 1.165) is 0 Å². The predicted molar refractivity (Wildman–Crippen MR) is 93.4 cm³/mol. The molecule has 1 aromatic rings. The zero-order valence-corrected chi connectivity index (χ0v) is 15.1. The quantitative estimate of drug-likeness (QED) is 0.422. The molecular weight excluding hydrogens is 336 g/mol. The number of rotatable bonds is 7. The molecule has 1 aliphatic carbocycles. The van der Waals surface area contributed by atoms with Crippen molar-refractivity contribution in [3.63, 3.8) is 0 Å². The summed E-state index contributed by atoms with van der Waals surface area (Å²) in [4.78, 5) is 50.4. The highest BCUT2D eigenvalue weighted by atomic mass is 16.6. The van der Waals surface area contributed by atoms with E-state index in [9.17, 15) is 19.2 Å². The minimum absolute atomic E-state index is 0.104. The fourth-order valence-electron chi connectivity index (χ4n) is 3.46. The Labute approximate surface area is 152 Å². The molecule has 1 aromatic carbocycles. The molecule has 26 heavy (non-hydrogen) atoms. The molecular formula is C20H24O6. The largest absolute Gasteiger partial charge is 0.465 e. The van der Waals surface area contributed by atoms with Gasteiger partial charge in [-0.1, -0.05) is 30.3 Å². The maximum atomic E-state index is 13.0. The first-order chi connectivity index (χ1) is 12.5. The second-order valence-electron chi connectivity index (χ2n) is 6.21. The zero-order chi connectivity index (χ0) is 19.1. The number of ether oxygens (including phenoxy) is 2. The maximum Gasteiger partial charge on any atom is 0.320 e. The minimum atomic E-state index is -1.27. The molecule has 6 nitrogen and oxygen atoms in total. The number of ketones is 2. The Morgan fingerprint density at radius 2 is 1.62 bits per heavy atom. The van der Waals surface area contributed by atoms with Crippen LogP contribution in [0.5, 0.6) is 0 Å². The maximum absolute atomic E-state index is 13.0. The fourth-order valence-corrected chi connectivity index (χ4v) is 3.46. The van der Waals surface area contributed by atoms with Gasteiger partial charge in [0.05, 0.1) is 19.1 Å². The molecule has 1 aliphatic rings. The van der Waals surface area contributed by atoms with Crippen molar-refractivity contribution in [2.75, 3.05) is 13.2 Å². The first kappa shape index (κ1) is 19.8. The summed E-state index contributed by atoms with van der Waals surface area (Å²) >= 11 is 0. The van der Waals surface area contributed by atoms with Gasteiger partial charge in [0, 0.05) is 12.0 Å². The SMILES string of the molecule is CCOC(=O)C(C(=O)OCC)C1CCCC(=O)C1C(=O)c1ccccc1. The summed E-state index contributed by atoms with van der Waals surface area (Å²) in [5.41, 5.74) is 0.393. The normalized spacial score (nSPS) is 19.9. The van der Waals surface area contributed by atoms with Gasteiger partial charge in [-0.15, -0.1) is 0 Å². The number of hydrogen-bond acceptors (Lipinski definition) is 6. The standard InChI is InChI=1S/C20H24O6/c1-3-25-19(23)17(20(24)26-4-2)14-11-8-12-15(21)16(14)18(22)13-9-6-5-7-10-13/h5-7,9-10,14,16-17H,3-4,8,11-12H2,1-2H3. The predicted octanol–water partition coefficient (Wildman–Crippen LogP) is 2.60. The van der Waals surface area contributed by atoms with Crippen LogP contribution >= 0.6 is 0 Å². The lowest BCUT2D eigenvalue weighted by Gasteiger charge is -2.33. The van der Waals surface area contributed by atoms with Gasteiger partial charge in [0.25, 0.3) is 0 Å². The fraction of sp³-hybridized carbons (Fsp3) is 0.500. The molecule has 0 aromatic heterocycles. The molecule has 0 aliphatic heterocycles. The summed E-state index contributed by atoms with van der Waals surface area (Å²) in [6.07, 6.45) is 1.20. The van der Waals surface area contributed by atoms with E-state index in [1.165, 1.54) is 0 Å². The number of carbonyl (C=O) groups is 4. The summed E-state index contributed by atoms with van der Waals surface area (Å²) in [6.45, 7) is 3.48. The number of Topliss-reactive ketones (excluding diaryl/α,β-unsaturated/α-hetero) is 2. The average molecular weight is 360 g/mol. The molecule has 0 N–H and O–H groups in total. The van der Waals surface area contributed by atoms with Gasteiger partial charge in [0.1, 0.15) is 5.78 Å². The van der Waals surface area contributed by atoms with Crippen LogP contribution in [0.3, 0.4) is 0 Å². The number of hydrogen-bond donors (Lipinski definition) is 0. The zero-order valence-electron chi connectivity index (χ0n) is 15.1. The van der Waals surface area contributed by atoms with Gasteiger partial charge in [0.2, 0.25) is 0 Å². The molecule has 0 spiro atoms. The summed E-state index contributed by atoms with van der Waals surface area (Å²) in [5, 5.41) is 0. The third-order valence-electron chi connectivity index (χ3n) is 4.59. The average Bonchev–Trinajstić information content (AvgIpc) is 2.63. The van der Waals surface area contributed by atoms with E-state index in [0.29, 0.717) is 18.4 Å². The van der Waals surface area contributed by atoms with Crippen LogP contribution in [-0.4, -0.2) is 36.7 Å². The van der Waals surface area contributed by atoms with Gasteiger partial charge in [-0.3, -0.25) is 19.2 Å². The Balaban J connectivity index is 2.39. The van der Waals surface area contributed by atoms with Crippen molar-refractivity contribution in [2.45, 2.75) is 33.1 Å². The van der Waals surface area contributed by atoms with Gasteiger partial charge < -0.3 is 9.47 Å². The van der Waals surface area contributed by atoms with Crippen molar-refractivity contribution >= 4 is 23.5 Å². The highest BCUT2D eigenvalue weighted by molar-refractivity contribution is 6.12. The number of carbonyl (C=O) groups excluding carboxylic acids is 4. The van der Waals surface area contributed by atoms with Crippen LogP contribution in [0, 0.1) is 17.8 Å². The molecule has 0 amide bonds. The molecule has 6 heteroatoms. The van der Waals surface area contributed by atoms with Crippen molar-refractivity contribution < 1.29 is 28.7 Å². The van der Waals surface area contributed by atoms with E-state index in [2.05, 4.69) is 0 Å². The van der Waals surface area contributed by atoms with Gasteiger partial charge in [-0.2, -0.15) is 0 Å². The second kappa shape index (κ2) is 9.27. The van der Waals surface area contributed by atoms with E-state index >= 15 is 0 Å². The van der Waals surface area contributed by atoms with E-state index in [4.69, 9.17) is 9.47 Å². The van der Waals surface area contributed by atoms with Crippen molar-refractivity contribution in [1.29, 1.82) is 0 Å². The van der Waals surface area contributed by atoms with Crippen LogP contribution in [0.25, 0.3) is 0 Å². The molecule has 1 fully saturated rings. The topological polar surface area (TPSA) is 86.7 Å². The second-order valence-corrected chi connectivity index (χ2v) is 6.21. The lowest BCUT2D eigenvalue weighted by atomic mass is 9.69. The van der Waals surface area contributed by atoms with Crippen LogP contribution in [0.1, 0.15) is 43.5 Å². The number of esters is 2. The van der Waals surface area contributed by atoms with Crippen LogP contribution < -0.4 is 0 Å². The van der Waals surface area contributed by atoms with Crippen LogP contribution in [-0.2, 0) is 23.9 Å². The van der Waals surface area contributed by atoms with E-state index in [1.807, 2.05) is 0 Å². The van der Waals surface area contributed by atoms with E-state index in [1.54, 1.807) is 44.2 Å². The van der Waals surface area contributed by atoms with Crippen molar-refractivity contribution in [3.8, 4) is 0 Å². The molecule has 1 saturated carbocycles. The molecule has 0 heterocycles. The lowest BCUT2D eigenvalue weighted by Crippen LogP contribution is -2.45. The lowest BCUT2D eigenvalue weighted by molar-refractivity contribution is -0.166. The summed E-state index contributed by atoms with van der Waals surface area (Å²) in [6, 6.07) is 8.46. The molecule has 2 rings (SSSR count). The minimum Gasteiger partial charge on any atom is -0.465 e. The molecule has 2 atom stereocenters. The summed E-state index contributed by atoms with van der Waals surface area (Å²) in [5.74, 6) is -5.13. The Morgan fingerprint density at radius 3 is 2.15 bits per heavy atom. The van der Waals surface area contributed by atoms with Gasteiger partial charge in [0.15, 0.2) is 11.7 Å². The van der Waals surface area contributed by atoms with Crippen LogP contribution in [0.15, 0.2) is 30.3 Å². The molecule has 0 radical (unpaired) electrons. The monoisotopic (exact) mass is 360 g/mol. The van der Waals surface area contributed by atoms with Crippen molar-refractivity contribution in [3.05, 3.63) is 35.9 Å². The first-order valence-corrected chi connectivity index (χ1v) is 8.96. The smallest absolute Gasteiger partial charge is 0.320 e. The molecule has 2 unspecified atom stereocenters. The summed E-state index contributed by atoms with van der Waals surface area (Å²) in [7, 11) is 0. The van der Waals surface area contributed by atoms with Crippen LogP contribution in [0.2, 0.25) is 0 Å². The van der Waals surface area contributed by atoms with Gasteiger partial charge in [-0.25, -0.2) is 0 Å². The van der Waals surface area contributed by atoms with E-state index < -0.39 is 29.7 Å². The Hall–Kier alpha value is -2.50. The third-order valence-corrected chi connectivity index (χ3v) is 4.59. The first-order valence-electron chi connectivity index (χ1n) is 8.96. The highest BCUT2D eigenvalue weighted by Crippen LogP contribution is 2.36. The van der Waals surface area contributed by atoms with Crippen molar-refractivity contribution in [1.82, 2.24) is 0 Å². The third kappa shape index (κ3) is 4.36. The Morgan fingerprint density at radius 1 is 1.04 bits per heavy atom. The van der Waals surface area contributed by atoms with E-state index in [-0.39, 0.29) is 31.2 Å². The van der Waals surface area contributed by atoms with Gasteiger partial charge in [-0.05, 0) is 32.6 Å². The summed E-state index contributed by atoms with van der Waals surface area (Å²) < 4.78 is 10.1. The van der Waals surface area contributed by atoms with Crippen molar-refractivity contribution in [2.24, 2.45) is 17.8 Å². The highest BCUT2D eigenvalue weighted by Gasteiger charge is 2.48. The number of benzene rings is 1. The van der Waals surface area contributed by atoms with Crippen LogP contribution in [0.4, 0.5) is 0 Å². The Kier molecular flexibility index (Phi) is 7.06. The Bertz CT molecular complexity index is 648. The van der Waals surface area contributed by atoms with Gasteiger partial charge >= 0.3 is 11.9 Å². The molecule has 0 saturated heterocycles.